The molecule has 0 saturated heterocycles. The van der Waals surface area contributed by atoms with Gasteiger partial charge in [-0.25, -0.2) is 0 Å². The highest BCUT2D eigenvalue weighted by Gasteiger charge is 2.44. The molecular weight excluding hydrogens is 184 g/mol. The van der Waals surface area contributed by atoms with E-state index in [1.807, 2.05) is 0 Å². The number of hydrogen-bond acceptors (Lipinski definition) is 1. The van der Waals surface area contributed by atoms with E-state index in [0.717, 1.165) is 18.8 Å². The van der Waals surface area contributed by atoms with Crippen molar-refractivity contribution >= 4 is 5.78 Å². The van der Waals surface area contributed by atoms with Gasteiger partial charge in [0.05, 0.1) is 0 Å². The van der Waals surface area contributed by atoms with E-state index in [9.17, 15) is 4.79 Å². The van der Waals surface area contributed by atoms with E-state index in [1.165, 1.54) is 18.4 Å². The third kappa shape index (κ3) is 2.02. The van der Waals surface area contributed by atoms with Crippen LogP contribution in [0.5, 0.6) is 0 Å². The van der Waals surface area contributed by atoms with Crippen LogP contribution in [0, 0.1) is 23.7 Å². The first-order valence-corrected chi connectivity index (χ1v) is 6.27. The highest BCUT2D eigenvalue weighted by Crippen LogP contribution is 2.47. The Morgan fingerprint density at radius 2 is 2.00 bits per heavy atom. The fourth-order valence-corrected chi connectivity index (χ4v) is 3.55. The lowest BCUT2D eigenvalue weighted by Gasteiger charge is -2.36. The van der Waals surface area contributed by atoms with Crippen LogP contribution in [0.1, 0.15) is 46.5 Å². The number of carbonyl (C=O) groups excluding carboxylic acids is 1. The fourth-order valence-electron chi connectivity index (χ4n) is 3.55. The second kappa shape index (κ2) is 4.11. The molecule has 0 spiro atoms. The molecule has 2 aliphatic rings. The summed E-state index contributed by atoms with van der Waals surface area (Å²) in [6.45, 7) is 6.62. The average molecular weight is 206 g/mol. The standard InChI is InChI=1S/C14H22O/c1-9(2)8-11-5-4-10(3)12-6-7-13(15)14(11)12/h8,10-12,14H,4-7H2,1-3H3/t10-,11+,12-,14?/m1/s1. The monoisotopic (exact) mass is 206 g/mol. The number of ketones is 1. The fraction of sp³-hybridized carbons (Fsp3) is 0.786. The van der Waals surface area contributed by atoms with Gasteiger partial charge in [0.15, 0.2) is 0 Å². The molecular formula is C14H22O. The molecule has 1 nitrogen and oxygen atoms in total. The Balaban J connectivity index is 2.20. The molecule has 0 aromatic rings. The molecule has 84 valence electrons. The highest BCUT2D eigenvalue weighted by molar-refractivity contribution is 5.84. The van der Waals surface area contributed by atoms with Crippen LogP contribution in [0.4, 0.5) is 0 Å². The first-order valence-electron chi connectivity index (χ1n) is 6.27. The zero-order chi connectivity index (χ0) is 11.0. The van der Waals surface area contributed by atoms with Gasteiger partial charge in [0.2, 0.25) is 0 Å². The van der Waals surface area contributed by atoms with E-state index in [1.54, 1.807) is 0 Å². The van der Waals surface area contributed by atoms with Crippen molar-refractivity contribution in [2.75, 3.05) is 0 Å². The van der Waals surface area contributed by atoms with Crippen LogP contribution >= 0.6 is 0 Å². The van der Waals surface area contributed by atoms with Crippen LogP contribution in [0.3, 0.4) is 0 Å². The van der Waals surface area contributed by atoms with Gasteiger partial charge >= 0.3 is 0 Å². The van der Waals surface area contributed by atoms with Gasteiger partial charge in [-0.15, -0.1) is 0 Å². The number of rotatable bonds is 1. The summed E-state index contributed by atoms with van der Waals surface area (Å²) in [5.41, 5.74) is 1.37. The lowest BCUT2D eigenvalue weighted by molar-refractivity contribution is -0.123. The zero-order valence-corrected chi connectivity index (χ0v) is 10.1. The molecule has 1 heteroatoms. The second-order valence-electron chi connectivity index (χ2n) is 5.66. The van der Waals surface area contributed by atoms with E-state index in [-0.39, 0.29) is 0 Å². The largest absolute Gasteiger partial charge is 0.299 e. The maximum Gasteiger partial charge on any atom is 0.136 e. The third-order valence-corrected chi connectivity index (χ3v) is 4.25. The predicted molar refractivity (Wildman–Crippen MR) is 62.5 cm³/mol. The maximum absolute atomic E-state index is 11.9. The lowest BCUT2D eigenvalue weighted by atomic mass is 9.68. The summed E-state index contributed by atoms with van der Waals surface area (Å²) in [4.78, 5) is 11.9. The molecule has 0 aromatic heterocycles. The van der Waals surface area contributed by atoms with Crippen molar-refractivity contribution < 1.29 is 4.79 Å². The molecule has 0 heterocycles. The van der Waals surface area contributed by atoms with E-state index >= 15 is 0 Å². The molecule has 0 radical (unpaired) electrons. The SMILES string of the molecule is CC(C)=C[C@@H]1CC[C@@H](C)[C@H]2CCC(=O)C12. The van der Waals surface area contributed by atoms with Gasteiger partial charge in [0.25, 0.3) is 0 Å². The van der Waals surface area contributed by atoms with Crippen LogP contribution in [0.2, 0.25) is 0 Å². The number of allylic oxidation sites excluding steroid dienone is 2. The second-order valence-corrected chi connectivity index (χ2v) is 5.66. The summed E-state index contributed by atoms with van der Waals surface area (Å²) in [5, 5.41) is 0. The van der Waals surface area contributed by atoms with Gasteiger partial charge in [-0.05, 0) is 50.9 Å². The Kier molecular flexibility index (Phi) is 2.99. The normalized spacial score (nSPS) is 40.1. The van der Waals surface area contributed by atoms with Crippen LogP contribution in [-0.4, -0.2) is 5.78 Å². The summed E-state index contributed by atoms with van der Waals surface area (Å²) in [6.07, 6.45) is 6.86. The van der Waals surface area contributed by atoms with Crippen molar-refractivity contribution in [3.63, 3.8) is 0 Å². The van der Waals surface area contributed by atoms with E-state index in [2.05, 4.69) is 26.8 Å². The Bertz CT molecular complexity index is 286. The topological polar surface area (TPSA) is 17.1 Å². The summed E-state index contributed by atoms with van der Waals surface area (Å²) in [6, 6.07) is 0. The van der Waals surface area contributed by atoms with Gasteiger partial charge < -0.3 is 0 Å². The van der Waals surface area contributed by atoms with Crippen molar-refractivity contribution in [2.45, 2.75) is 46.5 Å². The van der Waals surface area contributed by atoms with Crippen LogP contribution < -0.4 is 0 Å². The smallest absolute Gasteiger partial charge is 0.136 e. The van der Waals surface area contributed by atoms with Gasteiger partial charge in [-0.1, -0.05) is 18.6 Å². The Morgan fingerprint density at radius 3 is 2.67 bits per heavy atom. The average Bonchev–Trinajstić information content (AvgIpc) is 2.54. The molecule has 4 atom stereocenters. The van der Waals surface area contributed by atoms with E-state index in [4.69, 9.17) is 0 Å². The number of carbonyl (C=O) groups is 1. The van der Waals surface area contributed by atoms with E-state index < -0.39 is 0 Å². The summed E-state index contributed by atoms with van der Waals surface area (Å²) >= 11 is 0. The first-order chi connectivity index (χ1) is 7.09. The Morgan fingerprint density at radius 1 is 1.27 bits per heavy atom. The van der Waals surface area contributed by atoms with E-state index in [0.29, 0.717) is 23.5 Å². The first kappa shape index (κ1) is 10.9. The van der Waals surface area contributed by atoms with Gasteiger partial charge in [-0.2, -0.15) is 0 Å². The number of fused-ring (bicyclic) bond motifs is 1. The summed E-state index contributed by atoms with van der Waals surface area (Å²) in [7, 11) is 0. The molecule has 15 heavy (non-hydrogen) atoms. The quantitative estimate of drug-likeness (QED) is 0.599. The van der Waals surface area contributed by atoms with Gasteiger partial charge in [0, 0.05) is 12.3 Å². The molecule has 0 amide bonds. The van der Waals surface area contributed by atoms with Crippen LogP contribution in [0.15, 0.2) is 11.6 Å². The minimum atomic E-state index is 0.364. The lowest BCUT2D eigenvalue weighted by Crippen LogP contribution is -2.32. The number of hydrogen-bond donors (Lipinski definition) is 0. The number of Topliss-reactive ketones (excluding diaryl/α,β-unsaturated/α-hetero) is 1. The van der Waals surface area contributed by atoms with Gasteiger partial charge in [0.1, 0.15) is 5.78 Å². The Hall–Kier alpha value is -0.590. The predicted octanol–water partition coefficient (Wildman–Crippen LogP) is 3.59. The third-order valence-electron chi connectivity index (χ3n) is 4.25. The minimum Gasteiger partial charge on any atom is -0.299 e. The highest BCUT2D eigenvalue weighted by atomic mass is 16.1. The molecule has 2 saturated carbocycles. The van der Waals surface area contributed by atoms with Crippen LogP contribution in [0.25, 0.3) is 0 Å². The molecule has 2 rings (SSSR count). The van der Waals surface area contributed by atoms with Crippen molar-refractivity contribution in [1.29, 1.82) is 0 Å². The molecule has 1 unspecified atom stereocenters. The maximum atomic E-state index is 11.9. The molecule has 0 aromatic carbocycles. The van der Waals surface area contributed by atoms with Crippen molar-refractivity contribution in [2.24, 2.45) is 23.7 Å². The molecule has 0 aliphatic heterocycles. The molecule has 2 fully saturated rings. The molecule has 2 aliphatic carbocycles. The zero-order valence-electron chi connectivity index (χ0n) is 10.1. The van der Waals surface area contributed by atoms with Gasteiger partial charge in [-0.3, -0.25) is 4.79 Å². The molecule has 0 bridgehead atoms. The summed E-state index contributed by atoms with van der Waals surface area (Å²) < 4.78 is 0. The van der Waals surface area contributed by atoms with Crippen molar-refractivity contribution in [3.8, 4) is 0 Å². The molecule has 0 N–H and O–H groups in total. The van der Waals surface area contributed by atoms with Crippen molar-refractivity contribution in [1.82, 2.24) is 0 Å². The van der Waals surface area contributed by atoms with Crippen molar-refractivity contribution in [3.05, 3.63) is 11.6 Å². The van der Waals surface area contributed by atoms with Crippen LogP contribution in [-0.2, 0) is 4.79 Å². The summed E-state index contributed by atoms with van der Waals surface area (Å²) in [5.74, 6) is 2.90. The Labute approximate surface area is 92.9 Å². The minimum absolute atomic E-state index is 0.364.